The lowest BCUT2D eigenvalue weighted by Crippen LogP contribution is -2.39. The highest BCUT2D eigenvalue weighted by Gasteiger charge is 2.10. The molecular formula is C19H25ClN4OS. The fourth-order valence-corrected chi connectivity index (χ4v) is 3.71. The molecule has 0 bridgehead atoms. The second-order valence-electron chi connectivity index (χ2n) is 6.19. The van der Waals surface area contributed by atoms with Crippen LogP contribution in [-0.4, -0.2) is 56.4 Å². The molecule has 0 aliphatic carbocycles. The molecule has 5 nitrogen and oxygen atoms in total. The van der Waals surface area contributed by atoms with Crippen molar-refractivity contribution in [1.29, 1.82) is 0 Å². The number of carbonyl (C=O) groups is 1. The summed E-state index contributed by atoms with van der Waals surface area (Å²) in [5.41, 5.74) is 1.83. The lowest BCUT2D eigenvalue weighted by molar-refractivity contribution is 0.0827. The summed E-state index contributed by atoms with van der Waals surface area (Å²) >= 11 is 7.57. The fourth-order valence-electron chi connectivity index (χ4n) is 2.57. The van der Waals surface area contributed by atoms with E-state index < -0.39 is 0 Å². The number of halogens is 1. The van der Waals surface area contributed by atoms with Gasteiger partial charge in [-0.2, -0.15) is 0 Å². The Labute approximate surface area is 164 Å². The third-order valence-corrected chi connectivity index (χ3v) is 5.09. The lowest BCUT2D eigenvalue weighted by Gasteiger charge is -2.21. The molecule has 1 heterocycles. The van der Waals surface area contributed by atoms with Crippen LogP contribution >= 0.6 is 22.9 Å². The van der Waals surface area contributed by atoms with Gasteiger partial charge in [-0.05, 0) is 36.2 Å². The number of carbonyl (C=O) groups excluding carboxylic acids is 1. The SMILES string of the molecule is CN=C(NCCc1cccc(C(=O)N(C)C)c1)N(C)Cc1ccc(Cl)s1. The molecule has 2 aromatic rings. The summed E-state index contributed by atoms with van der Waals surface area (Å²) in [6, 6.07) is 11.7. The van der Waals surface area contributed by atoms with Gasteiger partial charge in [0.15, 0.2) is 5.96 Å². The molecule has 0 unspecified atom stereocenters. The number of hydrogen-bond donors (Lipinski definition) is 1. The smallest absolute Gasteiger partial charge is 0.253 e. The molecule has 26 heavy (non-hydrogen) atoms. The summed E-state index contributed by atoms with van der Waals surface area (Å²) in [7, 11) is 7.30. The first kappa shape index (κ1) is 20.3. The zero-order valence-corrected chi connectivity index (χ0v) is 17.2. The van der Waals surface area contributed by atoms with Crippen molar-refractivity contribution in [3.8, 4) is 0 Å². The van der Waals surface area contributed by atoms with Gasteiger partial charge in [-0.3, -0.25) is 9.79 Å². The second-order valence-corrected chi connectivity index (χ2v) is 7.99. The van der Waals surface area contributed by atoms with E-state index in [1.165, 1.54) is 4.88 Å². The topological polar surface area (TPSA) is 47.9 Å². The van der Waals surface area contributed by atoms with Crippen LogP contribution in [0.25, 0.3) is 0 Å². The normalized spacial score (nSPS) is 11.3. The van der Waals surface area contributed by atoms with Crippen molar-refractivity contribution >= 4 is 34.8 Å². The Morgan fingerprint density at radius 1 is 1.23 bits per heavy atom. The summed E-state index contributed by atoms with van der Waals surface area (Å²) in [5.74, 6) is 0.847. The average Bonchev–Trinajstić information content (AvgIpc) is 3.02. The Kier molecular flexibility index (Phi) is 7.48. The summed E-state index contributed by atoms with van der Waals surface area (Å²) in [5, 5.41) is 3.37. The molecule has 1 amide bonds. The van der Waals surface area contributed by atoms with Gasteiger partial charge in [0.05, 0.1) is 10.9 Å². The molecular weight excluding hydrogens is 368 g/mol. The Morgan fingerprint density at radius 3 is 2.62 bits per heavy atom. The van der Waals surface area contributed by atoms with Crippen molar-refractivity contribution in [2.24, 2.45) is 4.99 Å². The molecule has 1 aromatic heterocycles. The number of rotatable bonds is 6. The Bertz CT molecular complexity index is 772. The van der Waals surface area contributed by atoms with E-state index in [2.05, 4.69) is 15.2 Å². The first-order valence-corrected chi connectivity index (χ1v) is 9.56. The number of hydrogen-bond acceptors (Lipinski definition) is 3. The van der Waals surface area contributed by atoms with Crippen molar-refractivity contribution in [1.82, 2.24) is 15.1 Å². The van der Waals surface area contributed by atoms with Crippen molar-refractivity contribution in [3.63, 3.8) is 0 Å². The van der Waals surface area contributed by atoms with Crippen molar-refractivity contribution in [3.05, 3.63) is 56.7 Å². The van der Waals surface area contributed by atoms with Crippen LogP contribution in [0.3, 0.4) is 0 Å². The number of guanidine groups is 1. The summed E-state index contributed by atoms with van der Waals surface area (Å²) < 4.78 is 0.795. The van der Waals surface area contributed by atoms with Gasteiger partial charge in [0.1, 0.15) is 0 Å². The molecule has 140 valence electrons. The van der Waals surface area contributed by atoms with E-state index in [0.29, 0.717) is 5.56 Å². The minimum Gasteiger partial charge on any atom is -0.356 e. The van der Waals surface area contributed by atoms with Crippen molar-refractivity contribution < 1.29 is 4.79 Å². The molecule has 0 aliphatic heterocycles. The molecule has 1 aromatic carbocycles. The largest absolute Gasteiger partial charge is 0.356 e. The first-order chi connectivity index (χ1) is 12.4. The number of aliphatic imine (C=N–C) groups is 1. The summed E-state index contributed by atoms with van der Waals surface area (Å²) in [4.78, 5) is 21.2. The summed E-state index contributed by atoms with van der Waals surface area (Å²) in [6.07, 6.45) is 0.812. The van der Waals surface area contributed by atoms with Crippen LogP contribution in [0.4, 0.5) is 0 Å². The van der Waals surface area contributed by atoms with Crippen LogP contribution in [0, 0.1) is 0 Å². The van der Waals surface area contributed by atoms with E-state index in [1.807, 2.05) is 43.4 Å². The Morgan fingerprint density at radius 2 is 2.00 bits per heavy atom. The van der Waals surface area contributed by atoms with Crippen LogP contribution in [0.15, 0.2) is 41.4 Å². The van der Waals surface area contributed by atoms with E-state index in [1.54, 1.807) is 37.4 Å². The van der Waals surface area contributed by atoms with E-state index in [4.69, 9.17) is 11.6 Å². The fraction of sp³-hybridized carbons (Fsp3) is 0.368. The lowest BCUT2D eigenvalue weighted by atomic mass is 10.1. The Balaban J connectivity index is 1.89. The monoisotopic (exact) mass is 392 g/mol. The molecule has 0 fully saturated rings. The van der Waals surface area contributed by atoms with Gasteiger partial charge in [0.2, 0.25) is 0 Å². The first-order valence-electron chi connectivity index (χ1n) is 8.37. The molecule has 7 heteroatoms. The van der Waals surface area contributed by atoms with E-state index in [0.717, 1.165) is 35.4 Å². The van der Waals surface area contributed by atoms with Crippen LogP contribution in [-0.2, 0) is 13.0 Å². The van der Waals surface area contributed by atoms with E-state index in [9.17, 15) is 4.79 Å². The van der Waals surface area contributed by atoms with Crippen molar-refractivity contribution in [2.75, 3.05) is 34.7 Å². The molecule has 0 saturated heterocycles. The van der Waals surface area contributed by atoms with Crippen LogP contribution < -0.4 is 5.32 Å². The zero-order chi connectivity index (χ0) is 19.1. The number of nitrogens with zero attached hydrogens (tertiary/aromatic N) is 3. The average molecular weight is 393 g/mol. The van der Waals surface area contributed by atoms with Gasteiger partial charge in [-0.25, -0.2) is 0 Å². The number of benzene rings is 1. The van der Waals surface area contributed by atoms with E-state index in [-0.39, 0.29) is 5.91 Å². The highest BCUT2D eigenvalue weighted by Crippen LogP contribution is 2.22. The number of amides is 1. The quantitative estimate of drug-likeness (QED) is 0.605. The maximum atomic E-state index is 12.1. The predicted molar refractivity (Wildman–Crippen MR) is 110 cm³/mol. The number of thiophene rings is 1. The van der Waals surface area contributed by atoms with Gasteiger partial charge in [0, 0.05) is 45.2 Å². The van der Waals surface area contributed by atoms with Gasteiger partial charge in [0.25, 0.3) is 5.91 Å². The molecule has 0 spiro atoms. The van der Waals surface area contributed by atoms with Gasteiger partial charge >= 0.3 is 0 Å². The van der Waals surface area contributed by atoms with Crippen molar-refractivity contribution in [2.45, 2.75) is 13.0 Å². The maximum absolute atomic E-state index is 12.1. The van der Waals surface area contributed by atoms with Gasteiger partial charge in [-0.15, -0.1) is 11.3 Å². The minimum atomic E-state index is 0.0185. The molecule has 0 atom stereocenters. The number of nitrogens with one attached hydrogen (secondary N) is 1. The van der Waals surface area contributed by atoms with Crippen LogP contribution in [0.5, 0.6) is 0 Å². The molecule has 2 rings (SSSR count). The maximum Gasteiger partial charge on any atom is 0.253 e. The minimum absolute atomic E-state index is 0.0185. The standard InChI is InChI=1S/C19H25ClN4OS/c1-21-19(24(4)13-16-8-9-17(20)26-16)22-11-10-14-6-5-7-15(12-14)18(25)23(2)3/h5-9,12H,10-11,13H2,1-4H3,(H,21,22). The van der Waals surface area contributed by atoms with E-state index >= 15 is 0 Å². The molecule has 0 saturated carbocycles. The van der Waals surface area contributed by atoms with Gasteiger partial charge < -0.3 is 15.1 Å². The molecule has 0 aliphatic rings. The van der Waals surface area contributed by atoms with Gasteiger partial charge in [-0.1, -0.05) is 23.7 Å². The highest BCUT2D eigenvalue weighted by atomic mass is 35.5. The van der Waals surface area contributed by atoms with Crippen LogP contribution in [0.1, 0.15) is 20.8 Å². The zero-order valence-electron chi connectivity index (χ0n) is 15.6. The molecule has 0 radical (unpaired) electrons. The predicted octanol–water partition coefficient (Wildman–Crippen LogP) is 3.35. The van der Waals surface area contributed by atoms with Crippen LogP contribution in [0.2, 0.25) is 4.34 Å². The third-order valence-electron chi connectivity index (χ3n) is 3.87. The second kappa shape index (κ2) is 9.59. The third kappa shape index (κ3) is 5.75. The highest BCUT2D eigenvalue weighted by molar-refractivity contribution is 7.16. The molecule has 1 N–H and O–H groups in total. The summed E-state index contributed by atoms with van der Waals surface area (Å²) in [6.45, 7) is 1.49. The Hall–Kier alpha value is -2.05.